The number of amides is 1. The van der Waals surface area contributed by atoms with Crippen molar-refractivity contribution < 1.29 is 28.6 Å². The first-order chi connectivity index (χ1) is 22.7. The summed E-state index contributed by atoms with van der Waals surface area (Å²) in [5.41, 5.74) is 1.39. The standard InChI is InChI=1S/C37H45N3O6S/c1-7-10-11-12-16-40(5)35(42)28-19-25(18-27(28)30(41)22-37(21-24(37)8-2)36(43)45-9-3)46-32-20-29(34-38-15-17-47-34)39-33-23(4)31(44-6)14-13-26(32)33/h7-8,13-15,17,20,24-25,27-28H,1-2,9-12,16,18-19,21-22H2,3-6H3/t24-,25-,27-,28-,37-/m1/s1. The molecule has 2 aromatic heterocycles. The van der Waals surface area contributed by atoms with Gasteiger partial charge in [0.25, 0.3) is 0 Å². The van der Waals surface area contributed by atoms with E-state index in [0.29, 0.717) is 43.0 Å². The fourth-order valence-electron chi connectivity index (χ4n) is 6.95. The molecular formula is C37H45N3O6S. The molecule has 10 heteroatoms. The highest BCUT2D eigenvalue weighted by atomic mass is 32.1. The molecule has 47 heavy (non-hydrogen) atoms. The van der Waals surface area contributed by atoms with Crippen molar-refractivity contribution in [2.45, 2.75) is 64.9 Å². The second-order valence-corrected chi connectivity index (χ2v) is 13.6. The van der Waals surface area contributed by atoms with E-state index in [1.165, 1.54) is 11.3 Å². The third kappa shape index (κ3) is 7.12. The van der Waals surface area contributed by atoms with E-state index in [4.69, 9.17) is 19.2 Å². The van der Waals surface area contributed by atoms with Crippen LogP contribution in [-0.4, -0.2) is 65.9 Å². The van der Waals surface area contributed by atoms with Crippen LogP contribution in [0, 0.1) is 30.1 Å². The molecule has 0 bridgehead atoms. The molecule has 2 aliphatic carbocycles. The van der Waals surface area contributed by atoms with Crippen LogP contribution < -0.4 is 9.47 Å². The van der Waals surface area contributed by atoms with Crippen molar-refractivity contribution in [3.05, 3.63) is 60.6 Å². The summed E-state index contributed by atoms with van der Waals surface area (Å²) in [6.07, 6.45) is 8.91. The van der Waals surface area contributed by atoms with E-state index >= 15 is 0 Å². The van der Waals surface area contributed by atoms with E-state index in [0.717, 1.165) is 40.7 Å². The van der Waals surface area contributed by atoms with Gasteiger partial charge in [-0.1, -0.05) is 12.2 Å². The van der Waals surface area contributed by atoms with Crippen molar-refractivity contribution in [2.75, 3.05) is 27.3 Å². The lowest BCUT2D eigenvalue weighted by Gasteiger charge is -2.25. The van der Waals surface area contributed by atoms with Crippen molar-refractivity contribution >= 4 is 39.9 Å². The van der Waals surface area contributed by atoms with Gasteiger partial charge in [0.2, 0.25) is 5.91 Å². The highest BCUT2D eigenvalue weighted by Crippen LogP contribution is 2.58. The van der Waals surface area contributed by atoms with Crippen molar-refractivity contribution in [2.24, 2.45) is 23.2 Å². The van der Waals surface area contributed by atoms with Gasteiger partial charge in [-0.3, -0.25) is 14.4 Å². The number of hydrogen-bond acceptors (Lipinski definition) is 9. The second-order valence-electron chi connectivity index (χ2n) is 12.7. The molecule has 0 aliphatic heterocycles. The van der Waals surface area contributed by atoms with Crippen molar-refractivity contribution in [3.63, 3.8) is 0 Å². The minimum absolute atomic E-state index is 0.0259. The number of carbonyl (C=O) groups is 3. The number of methoxy groups -OCH3 is 1. The number of carbonyl (C=O) groups excluding carboxylic acids is 3. The van der Waals surface area contributed by atoms with Gasteiger partial charge in [-0.2, -0.15) is 0 Å². The first-order valence-corrected chi connectivity index (χ1v) is 17.3. The van der Waals surface area contributed by atoms with Gasteiger partial charge in [0.1, 0.15) is 34.1 Å². The maximum absolute atomic E-state index is 14.1. The van der Waals surface area contributed by atoms with Crippen LogP contribution in [0.3, 0.4) is 0 Å². The van der Waals surface area contributed by atoms with Gasteiger partial charge in [0.05, 0.1) is 30.6 Å². The number of aromatic nitrogens is 2. The van der Waals surface area contributed by atoms with Crippen LogP contribution in [-0.2, 0) is 19.1 Å². The zero-order chi connectivity index (χ0) is 33.7. The summed E-state index contributed by atoms with van der Waals surface area (Å²) in [4.78, 5) is 52.2. The van der Waals surface area contributed by atoms with E-state index in [1.807, 2.05) is 36.6 Å². The number of allylic oxidation sites excluding steroid dienone is 2. The molecule has 0 saturated heterocycles. The van der Waals surface area contributed by atoms with E-state index in [2.05, 4.69) is 18.1 Å². The lowest BCUT2D eigenvalue weighted by molar-refractivity contribution is -0.152. The molecule has 1 amide bonds. The zero-order valence-electron chi connectivity index (χ0n) is 27.8. The molecule has 0 unspecified atom stereocenters. The number of esters is 1. The summed E-state index contributed by atoms with van der Waals surface area (Å²) in [7, 11) is 3.43. The molecule has 9 nitrogen and oxygen atoms in total. The lowest BCUT2D eigenvalue weighted by Crippen LogP contribution is -2.38. The van der Waals surface area contributed by atoms with Gasteiger partial charge in [-0.05, 0) is 70.4 Å². The molecule has 2 heterocycles. The minimum Gasteiger partial charge on any atom is -0.496 e. The fraction of sp³-hybridized carbons (Fsp3) is 0.486. The number of benzene rings is 1. The third-order valence-electron chi connectivity index (χ3n) is 9.68. The van der Waals surface area contributed by atoms with Crippen LogP contribution in [0.5, 0.6) is 11.5 Å². The summed E-state index contributed by atoms with van der Waals surface area (Å²) < 4.78 is 17.7. The number of rotatable bonds is 16. The summed E-state index contributed by atoms with van der Waals surface area (Å²) >= 11 is 1.49. The molecule has 2 fully saturated rings. The molecule has 0 radical (unpaired) electrons. The van der Waals surface area contributed by atoms with E-state index < -0.39 is 23.4 Å². The number of aryl methyl sites for hydroxylation is 1. The first-order valence-electron chi connectivity index (χ1n) is 16.4. The summed E-state index contributed by atoms with van der Waals surface area (Å²) in [5, 5.41) is 3.47. The lowest BCUT2D eigenvalue weighted by atomic mass is 9.84. The predicted octanol–water partition coefficient (Wildman–Crippen LogP) is 6.98. The van der Waals surface area contributed by atoms with Gasteiger partial charge in [-0.15, -0.1) is 24.5 Å². The van der Waals surface area contributed by atoms with E-state index in [1.54, 1.807) is 38.3 Å². The van der Waals surface area contributed by atoms with Gasteiger partial charge in [0.15, 0.2) is 0 Å². The number of nitrogens with zero attached hydrogens (tertiary/aromatic N) is 3. The molecule has 250 valence electrons. The smallest absolute Gasteiger partial charge is 0.313 e. The predicted molar refractivity (Wildman–Crippen MR) is 183 cm³/mol. The molecule has 5 atom stereocenters. The van der Waals surface area contributed by atoms with Crippen LogP contribution in [0.1, 0.15) is 57.4 Å². The van der Waals surface area contributed by atoms with Gasteiger partial charge in [0, 0.05) is 54.5 Å². The molecule has 2 saturated carbocycles. The molecule has 2 aliphatic rings. The molecule has 0 spiro atoms. The Bertz CT molecular complexity index is 1640. The van der Waals surface area contributed by atoms with Crippen molar-refractivity contribution in [3.8, 4) is 22.2 Å². The Morgan fingerprint density at radius 3 is 2.60 bits per heavy atom. The van der Waals surface area contributed by atoms with E-state index in [9.17, 15) is 14.4 Å². The van der Waals surface area contributed by atoms with E-state index in [-0.39, 0.29) is 36.6 Å². The van der Waals surface area contributed by atoms with Crippen molar-refractivity contribution in [1.29, 1.82) is 0 Å². The van der Waals surface area contributed by atoms with Crippen LogP contribution in [0.2, 0.25) is 0 Å². The topological polar surface area (TPSA) is 108 Å². The normalized spacial score (nSPS) is 23.2. The summed E-state index contributed by atoms with van der Waals surface area (Å²) in [5.74, 6) is -0.477. The zero-order valence-corrected chi connectivity index (χ0v) is 28.6. The van der Waals surface area contributed by atoms with Crippen LogP contribution >= 0.6 is 11.3 Å². The fourth-order valence-corrected chi connectivity index (χ4v) is 7.55. The highest BCUT2D eigenvalue weighted by molar-refractivity contribution is 7.13. The largest absolute Gasteiger partial charge is 0.496 e. The number of ether oxygens (including phenoxy) is 3. The van der Waals surface area contributed by atoms with Gasteiger partial charge in [-0.25, -0.2) is 9.97 Å². The Morgan fingerprint density at radius 2 is 1.94 bits per heavy atom. The third-order valence-corrected chi connectivity index (χ3v) is 10.5. The maximum atomic E-state index is 14.1. The summed E-state index contributed by atoms with van der Waals surface area (Å²) in [6.45, 7) is 12.2. The number of pyridine rings is 1. The molecule has 3 aromatic rings. The highest BCUT2D eigenvalue weighted by Gasteiger charge is 2.61. The quantitative estimate of drug-likeness (QED) is 0.0921. The van der Waals surface area contributed by atoms with Crippen LogP contribution in [0.4, 0.5) is 0 Å². The Morgan fingerprint density at radius 1 is 1.15 bits per heavy atom. The number of unbranched alkanes of at least 4 members (excludes halogenated alkanes) is 2. The van der Waals surface area contributed by atoms with Crippen LogP contribution in [0.25, 0.3) is 21.6 Å². The monoisotopic (exact) mass is 659 g/mol. The number of Topliss-reactive ketones (excluding diaryl/α,β-unsaturated/α-hetero) is 1. The van der Waals surface area contributed by atoms with Crippen molar-refractivity contribution in [1.82, 2.24) is 14.9 Å². The number of hydrogen-bond donors (Lipinski definition) is 0. The number of thiazole rings is 1. The first kappa shape index (κ1) is 34.3. The Labute approximate surface area is 281 Å². The number of fused-ring (bicyclic) bond motifs is 1. The molecule has 0 N–H and O–H groups in total. The number of ketones is 1. The molecular weight excluding hydrogens is 614 g/mol. The Kier molecular flexibility index (Phi) is 10.8. The average molecular weight is 660 g/mol. The minimum atomic E-state index is -0.904. The molecule has 1 aromatic carbocycles. The van der Waals surface area contributed by atoms with Crippen LogP contribution in [0.15, 0.2) is 55.1 Å². The Hall–Kier alpha value is -4.05. The average Bonchev–Trinajstić information content (AvgIpc) is 3.36. The summed E-state index contributed by atoms with van der Waals surface area (Å²) in [6, 6.07) is 5.71. The SMILES string of the molecule is C=CCCCCN(C)C(=O)[C@@H]1C[C@H](Oc2cc(-c3nccs3)nc3c(C)c(OC)ccc23)C[C@H]1C(=O)C[C@]1(C(=O)OCC)C[C@H]1C=C. The van der Waals surface area contributed by atoms with Gasteiger partial charge >= 0.3 is 5.97 Å². The second kappa shape index (κ2) is 14.8. The molecule has 5 rings (SSSR count). The Balaban J connectivity index is 1.45. The maximum Gasteiger partial charge on any atom is 0.313 e. The van der Waals surface area contributed by atoms with Gasteiger partial charge < -0.3 is 19.1 Å².